The Bertz CT molecular complexity index is 1120. The van der Waals surface area contributed by atoms with Crippen LogP contribution in [0.5, 0.6) is 17.2 Å². The second kappa shape index (κ2) is 11.0. The van der Waals surface area contributed by atoms with Crippen LogP contribution in [0.1, 0.15) is 18.9 Å². The molecule has 0 spiro atoms. The number of hydrogen-bond donors (Lipinski definition) is 2. The Morgan fingerprint density at radius 3 is 2.30 bits per heavy atom. The van der Waals surface area contributed by atoms with Crippen LogP contribution in [-0.4, -0.2) is 30.1 Å². The summed E-state index contributed by atoms with van der Waals surface area (Å²) in [6.45, 7) is 1.70. The molecule has 33 heavy (non-hydrogen) atoms. The van der Waals surface area contributed by atoms with Crippen molar-refractivity contribution >= 4 is 46.4 Å². The van der Waals surface area contributed by atoms with E-state index in [2.05, 4.69) is 20.6 Å². The molecule has 1 aromatic heterocycles. The zero-order valence-electron chi connectivity index (χ0n) is 18.0. The van der Waals surface area contributed by atoms with Crippen molar-refractivity contribution in [1.29, 1.82) is 0 Å². The highest BCUT2D eigenvalue weighted by molar-refractivity contribution is 6.37. The van der Waals surface area contributed by atoms with Crippen LogP contribution >= 0.6 is 23.2 Å². The zero-order chi connectivity index (χ0) is 24.0. The lowest BCUT2D eigenvalue weighted by Crippen LogP contribution is -2.12. The van der Waals surface area contributed by atoms with Crippen molar-refractivity contribution in [3.05, 3.63) is 58.1 Å². The minimum absolute atomic E-state index is 0.00186. The number of rotatable bonds is 9. The number of amides is 1. The Morgan fingerprint density at radius 1 is 1.09 bits per heavy atom. The number of nitrogens with one attached hydrogen (secondary N) is 2. The Morgan fingerprint density at radius 2 is 1.73 bits per heavy atom. The van der Waals surface area contributed by atoms with E-state index in [0.717, 1.165) is 0 Å². The van der Waals surface area contributed by atoms with Crippen LogP contribution in [0.25, 0.3) is 0 Å². The van der Waals surface area contributed by atoms with Crippen LogP contribution in [0.15, 0.2) is 36.7 Å². The minimum Gasteiger partial charge on any atom is -0.495 e. The van der Waals surface area contributed by atoms with E-state index in [9.17, 15) is 9.18 Å². The van der Waals surface area contributed by atoms with E-state index < -0.39 is 5.82 Å². The average molecular weight is 495 g/mol. The molecular weight excluding hydrogens is 474 g/mol. The van der Waals surface area contributed by atoms with Crippen LogP contribution in [0.4, 0.5) is 21.7 Å². The molecule has 2 N–H and O–H groups in total. The molecule has 0 saturated carbocycles. The second-order valence-electron chi connectivity index (χ2n) is 6.61. The van der Waals surface area contributed by atoms with Crippen molar-refractivity contribution in [2.75, 3.05) is 24.9 Å². The van der Waals surface area contributed by atoms with E-state index in [1.54, 1.807) is 19.1 Å². The molecule has 0 saturated heterocycles. The smallest absolute Gasteiger partial charge is 0.227 e. The Kier molecular flexibility index (Phi) is 8.13. The fraction of sp³-hybridized carbons (Fsp3) is 0.227. The molecule has 2 aromatic carbocycles. The summed E-state index contributed by atoms with van der Waals surface area (Å²) in [7, 11) is 2.96. The van der Waals surface area contributed by atoms with Crippen molar-refractivity contribution in [2.24, 2.45) is 0 Å². The number of para-hydroxylation sites is 1. The molecule has 0 fully saturated rings. The first-order chi connectivity index (χ1) is 15.9. The van der Waals surface area contributed by atoms with Crippen molar-refractivity contribution in [2.45, 2.75) is 20.0 Å². The number of aromatic nitrogens is 2. The molecule has 0 aliphatic rings. The fourth-order valence-corrected chi connectivity index (χ4v) is 3.39. The molecule has 0 atom stereocenters. The molecule has 1 amide bonds. The summed E-state index contributed by atoms with van der Waals surface area (Å²) in [6, 6.07) is 5.91. The summed E-state index contributed by atoms with van der Waals surface area (Å²) >= 11 is 12.7. The fourth-order valence-electron chi connectivity index (χ4n) is 2.78. The number of nitrogens with zero attached hydrogens (tertiary/aromatic N) is 2. The lowest BCUT2D eigenvalue weighted by molar-refractivity contribution is -0.115. The van der Waals surface area contributed by atoms with Crippen LogP contribution in [0.3, 0.4) is 0 Å². The van der Waals surface area contributed by atoms with Crippen LogP contribution in [0, 0.1) is 5.82 Å². The number of methoxy groups -OCH3 is 2. The van der Waals surface area contributed by atoms with E-state index >= 15 is 0 Å². The van der Waals surface area contributed by atoms with Gasteiger partial charge in [0.2, 0.25) is 11.9 Å². The molecular formula is C22H21Cl2FN4O4. The molecule has 11 heteroatoms. The average Bonchev–Trinajstić information content (AvgIpc) is 2.82. The predicted octanol–water partition coefficient (Wildman–Crippen LogP) is 5.61. The first kappa shape index (κ1) is 24.3. The maximum atomic E-state index is 14.3. The number of carbonyl (C=O) groups is 1. The number of anilines is 3. The van der Waals surface area contributed by atoms with E-state index in [1.165, 1.54) is 38.7 Å². The summed E-state index contributed by atoms with van der Waals surface area (Å²) in [5.74, 6) is 0.399. The lowest BCUT2D eigenvalue weighted by atomic mass is 10.2. The van der Waals surface area contributed by atoms with Crippen molar-refractivity contribution < 1.29 is 23.4 Å². The van der Waals surface area contributed by atoms with Gasteiger partial charge in [0, 0.05) is 18.1 Å². The van der Waals surface area contributed by atoms with Crippen molar-refractivity contribution in [3.63, 3.8) is 0 Å². The number of carbonyl (C=O) groups excluding carboxylic acids is 1. The molecule has 0 aliphatic carbocycles. The summed E-state index contributed by atoms with van der Waals surface area (Å²) in [5, 5.41) is 6.00. The molecule has 0 aliphatic heterocycles. The van der Waals surface area contributed by atoms with Gasteiger partial charge in [0.25, 0.3) is 0 Å². The molecule has 174 valence electrons. The van der Waals surface area contributed by atoms with Gasteiger partial charge in [-0.1, -0.05) is 36.2 Å². The molecule has 0 unspecified atom stereocenters. The third-order valence-electron chi connectivity index (χ3n) is 4.52. The van der Waals surface area contributed by atoms with Gasteiger partial charge in [0.05, 0.1) is 42.3 Å². The molecule has 0 radical (unpaired) electrons. The maximum Gasteiger partial charge on any atom is 0.227 e. The highest BCUT2D eigenvalue weighted by atomic mass is 35.5. The maximum absolute atomic E-state index is 14.3. The summed E-state index contributed by atoms with van der Waals surface area (Å²) in [4.78, 5) is 20.0. The van der Waals surface area contributed by atoms with Crippen LogP contribution in [0.2, 0.25) is 10.0 Å². The highest BCUT2D eigenvalue weighted by Crippen LogP contribution is 2.40. The lowest BCUT2D eigenvalue weighted by Gasteiger charge is -2.15. The van der Waals surface area contributed by atoms with Gasteiger partial charge in [-0.05, 0) is 12.1 Å². The molecule has 0 bridgehead atoms. The largest absolute Gasteiger partial charge is 0.495 e. The number of benzene rings is 2. The van der Waals surface area contributed by atoms with Gasteiger partial charge in [-0.15, -0.1) is 0 Å². The van der Waals surface area contributed by atoms with E-state index in [1.807, 2.05) is 0 Å². The monoisotopic (exact) mass is 494 g/mol. The topological polar surface area (TPSA) is 94.6 Å². The van der Waals surface area contributed by atoms with Crippen LogP contribution in [-0.2, 0) is 11.4 Å². The SMILES string of the molecule is CCC(=O)Nc1cccc(F)c1Nc1ncc(OCc2c(Cl)c(OC)cc(OC)c2Cl)cn1. The van der Waals surface area contributed by atoms with E-state index in [-0.39, 0.29) is 36.3 Å². The first-order valence-corrected chi connectivity index (χ1v) is 10.5. The molecule has 3 aromatic rings. The number of hydrogen-bond acceptors (Lipinski definition) is 7. The standard InChI is InChI=1S/C22H21Cl2FN4O4/c1-4-18(30)28-15-7-5-6-14(25)21(15)29-22-26-9-12(10-27-22)33-11-13-19(23)16(31-2)8-17(32-3)20(13)24/h5-10H,4,11H2,1-3H3,(H,28,30)(H,26,27,29). The molecule has 3 rings (SSSR count). The van der Waals surface area contributed by atoms with Gasteiger partial charge in [-0.25, -0.2) is 14.4 Å². The van der Waals surface area contributed by atoms with Gasteiger partial charge < -0.3 is 24.8 Å². The summed E-state index contributed by atoms with van der Waals surface area (Å²) in [6.07, 6.45) is 3.06. The van der Waals surface area contributed by atoms with Crippen LogP contribution < -0.4 is 24.8 Å². The Labute approximate surface area is 200 Å². The zero-order valence-corrected chi connectivity index (χ0v) is 19.6. The van der Waals surface area contributed by atoms with E-state index in [4.69, 9.17) is 37.4 Å². The predicted molar refractivity (Wildman–Crippen MR) is 125 cm³/mol. The molecule has 8 nitrogen and oxygen atoms in total. The molecule has 1 heterocycles. The second-order valence-corrected chi connectivity index (χ2v) is 7.36. The summed E-state index contributed by atoms with van der Waals surface area (Å²) < 4.78 is 30.5. The highest BCUT2D eigenvalue weighted by Gasteiger charge is 2.18. The van der Waals surface area contributed by atoms with Crippen molar-refractivity contribution in [3.8, 4) is 17.2 Å². The first-order valence-electron chi connectivity index (χ1n) is 9.77. The summed E-state index contributed by atoms with van der Waals surface area (Å²) in [5.41, 5.74) is 0.802. The minimum atomic E-state index is -0.566. The third kappa shape index (κ3) is 5.74. The van der Waals surface area contributed by atoms with Gasteiger partial charge in [0.1, 0.15) is 29.6 Å². The number of ether oxygens (including phenoxy) is 3. The van der Waals surface area contributed by atoms with Gasteiger partial charge >= 0.3 is 0 Å². The van der Waals surface area contributed by atoms with Gasteiger partial charge in [-0.3, -0.25) is 4.79 Å². The van der Waals surface area contributed by atoms with E-state index in [0.29, 0.717) is 32.9 Å². The number of halogens is 3. The quantitative estimate of drug-likeness (QED) is 0.399. The van der Waals surface area contributed by atoms with Gasteiger partial charge in [-0.2, -0.15) is 0 Å². The Balaban J connectivity index is 1.75. The Hall–Kier alpha value is -3.30. The van der Waals surface area contributed by atoms with Gasteiger partial charge in [0.15, 0.2) is 5.75 Å². The third-order valence-corrected chi connectivity index (χ3v) is 5.35. The van der Waals surface area contributed by atoms with Crippen molar-refractivity contribution in [1.82, 2.24) is 9.97 Å². The normalized spacial score (nSPS) is 10.5.